The third kappa shape index (κ3) is 41.3. The molecule has 138 heavy (non-hydrogen) atoms. The van der Waals surface area contributed by atoms with E-state index < -0.39 is 214 Å². The Balaban J connectivity index is 0.000000548. The summed E-state index contributed by atoms with van der Waals surface area (Å²) in [5.41, 5.74) is -0.351. The number of carbonyl (C=O) groups excluding carboxylic acids is 10. The molecule has 0 aliphatic rings. The molecule has 0 saturated heterocycles. The quantitative estimate of drug-likeness (QED) is 0.0118. The largest absolute Gasteiger partial charge is 0.478 e. The molecule has 2 heterocycles. The van der Waals surface area contributed by atoms with Crippen LogP contribution in [0.1, 0.15) is 137 Å². The molecule has 758 valence electrons. The molecule has 8 rings (SSSR count). The van der Waals surface area contributed by atoms with Crippen LogP contribution in [0.25, 0.3) is 0 Å². The molecular formula is C75H90Cl5N15O32S11. The van der Waals surface area contributed by atoms with E-state index in [9.17, 15) is 139 Å². The van der Waals surface area contributed by atoms with Gasteiger partial charge in [0.25, 0.3) is 100 Å². The van der Waals surface area contributed by atoms with E-state index in [1.807, 2.05) is 37.8 Å². The van der Waals surface area contributed by atoms with Gasteiger partial charge in [0.1, 0.15) is 15.7 Å². The smallest absolute Gasteiger partial charge is 0.335 e. The van der Waals surface area contributed by atoms with Crippen molar-refractivity contribution in [2.45, 2.75) is 160 Å². The van der Waals surface area contributed by atoms with Gasteiger partial charge in [-0.3, -0.25) is 58.1 Å². The Morgan fingerprint density at radius 1 is 0.370 bits per heavy atom. The summed E-state index contributed by atoms with van der Waals surface area (Å²) < 4.78 is 228. The van der Waals surface area contributed by atoms with Crippen LogP contribution >= 0.6 is 80.7 Å². The maximum absolute atomic E-state index is 12.5. The third-order valence-corrected chi connectivity index (χ3v) is 30.9. The molecule has 0 aliphatic carbocycles. The summed E-state index contributed by atoms with van der Waals surface area (Å²) in [5, 5.41) is 40.6. The average Bonchev–Trinajstić information content (AvgIpc) is 1.01. The van der Waals surface area contributed by atoms with Gasteiger partial charge in [-0.25, -0.2) is 107 Å². The highest BCUT2D eigenvalue weighted by molar-refractivity contribution is 7.93. The molecule has 0 radical (unpaired) electrons. The molecule has 0 fully saturated rings. The molecule has 47 nitrogen and oxygen atoms in total. The van der Waals surface area contributed by atoms with E-state index in [0.717, 1.165) is 84.1 Å². The molecule has 0 atom stereocenters. The number of sulfonamides is 9. The van der Waals surface area contributed by atoms with Crippen LogP contribution in [0.3, 0.4) is 0 Å². The number of ketones is 1. The van der Waals surface area contributed by atoms with Gasteiger partial charge in [0.05, 0.1) is 51.3 Å². The Kier molecular flexibility index (Phi) is 46.8. The summed E-state index contributed by atoms with van der Waals surface area (Å²) in [7, 11) is -37.2. The number of aromatic nitrogens is 4. The molecule has 0 bridgehead atoms. The van der Waals surface area contributed by atoms with Gasteiger partial charge in [-0.05, 0) is 104 Å². The van der Waals surface area contributed by atoms with Crippen LogP contribution in [0.2, 0.25) is 25.1 Å². The first-order valence-corrected chi connectivity index (χ1v) is 55.2. The predicted molar refractivity (Wildman–Crippen MR) is 503 cm³/mol. The lowest BCUT2D eigenvalue weighted by atomic mass is 10.2. The molecule has 12 N–H and O–H groups in total. The fourth-order valence-electron chi connectivity index (χ4n) is 8.09. The van der Waals surface area contributed by atoms with Gasteiger partial charge in [-0.2, -0.15) is 16.8 Å². The number of benzene rings is 6. The van der Waals surface area contributed by atoms with Crippen LogP contribution in [0.4, 0.5) is 10.8 Å². The van der Waals surface area contributed by atoms with Crippen LogP contribution < -0.4 is 48.2 Å². The van der Waals surface area contributed by atoms with Crippen LogP contribution in [0, 0.1) is 51.5 Å². The van der Waals surface area contributed by atoms with Crippen molar-refractivity contribution in [3.63, 3.8) is 0 Å². The Morgan fingerprint density at radius 2 is 0.681 bits per heavy atom. The second-order valence-corrected chi connectivity index (χ2v) is 49.2. The first-order valence-electron chi connectivity index (χ1n) is 38.3. The van der Waals surface area contributed by atoms with E-state index in [4.69, 9.17) is 68.3 Å². The zero-order valence-electron chi connectivity index (χ0n) is 74.7. The second kappa shape index (κ2) is 52.4. The van der Waals surface area contributed by atoms with Gasteiger partial charge in [0.2, 0.25) is 62.4 Å². The number of nitrogens with two attached hydrogens (primary N) is 1. The van der Waals surface area contributed by atoms with Crippen molar-refractivity contribution in [2.24, 2.45) is 46.6 Å². The Morgan fingerprint density at radius 3 is 1.02 bits per heavy atom. The number of amides is 9. The maximum atomic E-state index is 12.5. The molecule has 0 saturated carbocycles. The number of non-ortho nitro benzene ring substituents is 1. The van der Waals surface area contributed by atoms with Gasteiger partial charge in [-0.1, -0.05) is 196 Å². The van der Waals surface area contributed by atoms with Gasteiger partial charge in [0, 0.05) is 86.1 Å². The summed E-state index contributed by atoms with van der Waals surface area (Å²) in [5.74, 6) is -10.9. The SMILES string of the molecule is CC(=O)Cc1nnc(S(=O)(=O)NC(=O)C(C)C)s1.CC(=O)Nc1nnc(S(=O)(=O)NC(=O)C(C)C)s1.CC(C)C(=O)NS(=O)(=O)c1cc(C(=O)O)ccc1Cl.CC(C)C(=O)NS(=O)(=O)c1cc(Cl)cc(Cl)c1.CC(C)C(=O)NS(=O)(=O)c1cc(Cl)cc(S(=O)(=O)NC(=O)c2ccccc2)c1.CC(C)C(=O)NS(=O)(=O)c1cc(Cl)cc(S(N)(=O)=O)c1.CC(C)C(=O)NS(=O)(=O)c1ccc([N+](=O)[O-])cc1. The zero-order valence-corrected chi connectivity index (χ0v) is 87.4. The molecule has 8 aromatic rings. The first-order chi connectivity index (χ1) is 62.9. The Hall–Kier alpha value is -10.8. The minimum absolute atomic E-state index is 0.0330. The lowest BCUT2D eigenvalue weighted by Gasteiger charge is -2.12. The topological polar surface area (TPSA) is 744 Å². The molecular weight excluding hydrogens is 2150 g/mol. The minimum Gasteiger partial charge on any atom is -0.478 e. The average molecular weight is 2240 g/mol. The number of nitrogens with one attached hydrogen (secondary N) is 9. The molecule has 0 aliphatic heterocycles. The van der Waals surface area contributed by atoms with Gasteiger partial charge >= 0.3 is 5.97 Å². The number of carboxylic acid groups (broad SMARTS) is 1. The monoisotopic (exact) mass is 2240 g/mol. The van der Waals surface area contributed by atoms with E-state index in [2.05, 4.69) is 25.7 Å². The number of hydrogen-bond donors (Lipinski definition) is 11. The number of hydrogen-bond acceptors (Lipinski definition) is 37. The molecule has 63 heteroatoms. The van der Waals surface area contributed by atoms with Crippen LogP contribution in [-0.4, -0.2) is 171 Å². The number of nitrogens with zero attached hydrogens (tertiary/aromatic N) is 5. The predicted octanol–water partition coefficient (Wildman–Crippen LogP) is 7.46. The van der Waals surface area contributed by atoms with Crippen molar-refractivity contribution in [3.8, 4) is 0 Å². The number of anilines is 1. The van der Waals surface area contributed by atoms with E-state index in [-0.39, 0.29) is 83.6 Å². The van der Waals surface area contributed by atoms with Crippen LogP contribution in [0.15, 0.2) is 170 Å². The van der Waals surface area contributed by atoms with Crippen molar-refractivity contribution in [2.75, 3.05) is 5.32 Å². The van der Waals surface area contributed by atoms with Gasteiger partial charge in [-0.15, -0.1) is 20.4 Å². The highest BCUT2D eigenvalue weighted by atomic mass is 35.5. The zero-order chi connectivity index (χ0) is 107. The second-order valence-electron chi connectivity index (χ2n) is 29.7. The first kappa shape index (κ1) is 123. The summed E-state index contributed by atoms with van der Waals surface area (Å²) in [6.07, 6.45) is 0.0330. The van der Waals surface area contributed by atoms with E-state index in [1.54, 1.807) is 73.6 Å². The fourth-order valence-corrected chi connectivity index (χ4v) is 21.8. The van der Waals surface area contributed by atoms with E-state index in [1.165, 1.54) is 91.8 Å². The molecule has 9 amide bonds. The van der Waals surface area contributed by atoms with E-state index in [0.29, 0.717) is 16.3 Å². The summed E-state index contributed by atoms with van der Waals surface area (Å²) in [6.45, 7) is 24.3. The molecule has 0 unspecified atom stereocenters. The van der Waals surface area contributed by atoms with Crippen molar-refractivity contribution in [1.29, 1.82) is 0 Å². The fraction of sp³-hybridized carbons (Fsp3) is 0.320. The van der Waals surface area contributed by atoms with Crippen molar-refractivity contribution < 1.29 is 139 Å². The van der Waals surface area contributed by atoms with Crippen molar-refractivity contribution >= 4 is 247 Å². The normalized spacial score (nSPS) is 11.7. The van der Waals surface area contributed by atoms with Gasteiger partial charge < -0.3 is 10.4 Å². The summed E-state index contributed by atoms with van der Waals surface area (Å²) in [4.78, 5) is 131. The number of aromatic carboxylic acids is 1. The standard InChI is InChI=1S/C17H17ClN2O6S2.C11H12ClNO5S.C10H11Cl2NO3S.C10H13ClN2O5S2.C10H12N2O5S.C9H13N3O4S2.C8H12N4O4S2/c1-11(2)16(21)19-27(23,24)14-8-13(18)9-15(10-14)28(25,26)20-17(22)12-6-4-3-5-7-12;1-6(2)10(14)13-19(17,18)9-5-7(11(15)16)3-4-8(9)12;1-6(2)10(14)13-17(15,16)9-4-7(11)3-8(12)5-9;1-6(2)10(14)13-20(17,18)9-4-7(11)3-8(5-9)19(12,15)16;1-7(2)10(13)11-18(16,17)9-5-3-8(4-6-9)12(14)15;1-5(2)8(14)12-18(15,16)9-11-10-7(17-9)4-6(3)13;1-4(2)6(14)12-18(15,16)8-11-10-7(17-8)9-5(3)13/h3-11H,1-2H3,(H,19,21)(H,20,22);3-6H,1-2H3,(H,13,14)(H,15,16);3-6H,1-2H3,(H,13,14);3-6H,1-2H3,(H,13,14)(H2,12,15,16);3-7H,1-2H3,(H,11,13);5H,4H2,1-3H3,(H,12,14);4H,1-3H3,(H,12,14)(H,9,10,13). The third-order valence-electron chi connectivity index (χ3n) is 15.5. The highest BCUT2D eigenvalue weighted by Gasteiger charge is 2.32. The highest BCUT2D eigenvalue weighted by Crippen LogP contribution is 2.29. The lowest BCUT2D eigenvalue weighted by Crippen LogP contribution is -2.34. The van der Waals surface area contributed by atoms with Crippen molar-refractivity contribution in [3.05, 3.63) is 179 Å². The number of Topliss-reactive ketones (excluding diaryl/α,β-unsaturated/α-hetero) is 1. The summed E-state index contributed by atoms with van der Waals surface area (Å²) >= 11 is 30.1. The lowest BCUT2D eigenvalue weighted by molar-refractivity contribution is -0.384. The number of primary sulfonamides is 1. The van der Waals surface area contributed by atoms with Crippen molar-refractivity contribution in [1.82, 2.24) is 58.2 Å². The molecule has 6 aromatic carbocycles. The number of halogens is 5. The Bertz CT molecular complexity index is 6900. The number of nitro groups is 1. The van der Waals surface area contributed by atoms with Gasteiger partial charge in [0.15, 0.2) is 0 Å². The molecule has 2 aromatic heterocycles. The maximum Gasteiger partial charge on any atom is 0.335 e. The number of rotatable bonds is 30. The number of carboxylic acids is 1. The Labute approximate surface area is 827 Å². The summed E-state index contributed by atoms with van der Waals surface area (Å²) in [6, 6.07) is 24.6. The molecule has 0 spiro atoms. The number of nitro benzene ring substituents is 1. The van der Waals surface area contributed by atoms with E-state index >= 15 is 0 Å². The minimum atomic E-state index is -4.42. The van der Waals surface area contributed by atoms with Crippen LogP contribution in [0.5, 0.6) is 0 Å². The van der Waals surface area contributed by atoms with Crippen LogP contribution in [-0.2, 0) is 140 Å². The number of carbonyl (C=O) groups is 11.